The highest BCUT2D eigenvalue weighted by Crippen LogP contribution is 2.17. The van der Waals surface area contributed by atoms with Gasteiger partial charge in [-0.2, -0.15) is 0 Å². The van der Waals surface area contributed by atoms with Crippen molar-refractivity contribution in [3.8, 4) is 5.75 Å². The Balaban J connectivity index is 2.57. The molecule has 18 heavy (non-hydrogen) atoms. The number of aliphatic hydroxyl groups is 1. The molecule has 2 N–H and O–H groups in total. The summed E-state index contributed by atoms with van der Waals surface area (Å²) in [5, 5.41) is 11.8. The second-order valence-corrected chi connectivity index (χ2v) is 5.66. The third-order valence-corrected chi connectivity index (χ3v) is 2.88. The first-order chi connectivity index (χ1) is 8.34. The van der Waals surface area contributed by atoms with Crippen LogP contribution in [0.2, 0.25) is 0 Å². The normalized spacial score (nSPS) is 12.9. The SMILES string of the molecule is CC(Oc1ccc(Br)cc1)C(=O)NC(C)(C)CO. The molecule has 0 aliphatic rings. The number of benzene rings is 1. The van der Waals surface area contributed by atoms with Crippen LogP contribution in [-0.4, -0.2) is 29.3 Å². The molecule has 1 aromatic rings. The van der Waals surface area contributed by atoms with Gasteiger partial charge in [-0.1, -0.05) is 15.9 Å². The van der Waals surface area contributed by atoms with E-state index in [9.17, 15) is 4.79 Å². The molecule has 0 fully saturated rings. The van der Waals surface area contributed by atoms with E-state index in [0.717, 1.165) is 4.47 Å². The molecule has 0 heterocycles. The maximum absolute atomic E-state index is 11.8. The lowest BCUT2D eigenvalue weighted by atomic mass is 10.1. The van der Waals surface area contributed by atoms with Crippen LogP contribution in [0.3, 0.4) is 0 Å². The van der Waals surface area contributed by atoms with Crippen LogP contribution < -0.4 is 10.1 Å². The first kappa shape index (κ1) is 15.0. The van der Waals surface area contributed by atoms with Crippen molar-refractivity contribution < 1.29 is 14.6 Å². The highest BCUT2D eigenvalue weighted by Gasteiger charge is 2.23. The number of rotatable bonds is 5. The number of nitrogens with one attached hydrogen (secondary N) is 1. The molecule has 0 spiro atoms. The van der Waals surface area contributed by atoms with E-state index in [1.807, 2.05) is 12.1 Å². The van der Waals surface area contributed by atoms with Crippen LogP contribution in [0.25, 0.3) is 0 Å². The van der Waals surface area contributed by atoms with Crippen molar-refractivity contribution in [1.82, 2.24) is 5.32 Å². The third kappa shape index (κ3) is 4.66. The lowest BCUT2D eigenvalue weighted by molar-refractivity contribution is -0.129. The van der Waals surface area contributed by atoms with E-state index in [2.05, 4.69) is 21.2 Å². The van der Waals surface area contributed by atoms with Crippen molar-refractivity contribution in [2.75, 3.05) is 6.61 Å². The molecule has 1 atom stereocenters. The molecule has 0 saturated heterocycles. The van der Waals surface area contributed by atoms with E-state index in [0.29, 0.717) is 5.75 Å². The maximum Gasteiger partial charge on any atom is 0.261 e. The van der Waals surface area contributed by atoms with Gasteiger partial charge in [-0.25, -0.2) is 0 Å². The van der Waals surface area contributed by atoms with E-state index in [-0.39, 0.29) is 12.5 Å². The first-order valence-electron chi connectivity index (χ1n) is 5.69. The van der Waals surface area contributed by atoms with Gasteiger partial charge in [-0.05, 0) is 45.0 Å². The number of hydrogen-bond acceptors (Lipinski definition) is 3. The molecule has 0 bridgehead atoms. The van der Waals surface area contributed by atoms with E-state index < -0.39 is 11.6 Å². The smallest absolute Gasteiger partial charge is 0.261 e. The fourth-order valence-electron chi connectivity index (χ4n) is 1.25. The summed E-state index contributed by atoms with van der Waals surface area (Å²) in [4.78, 5) is 11.8. The fraction of sp³-hybridized carbons (Fsp3) is 0.462. The minimum Gasteiger partial charge on any atom is -0.481 e. The number of halogens is 1. The molecule has 0 aromatic heterocycles. The molecule has 100 valence electrons. The predicted octanol–water partition coefficient (Wildman–Crippen LogP) is 2.10. The summed E-state index contributed by atoms with van der Waals surface area (Å²) in [5.74, 6) is 0.375. The zero-order valence-electron chi connectivity index (χ0n) is 10.7. The van der Waals surface area contributed by atoms with Crippen molar-refractivity contribution in [3.63, 3.8) is 0 Å². The van der Waals surface area contributed by atoms with Gasteiger partial charge >= 0.3 is 0 Å². The van der Waals surface area contributed by atoms with Gasteiger partial charge in [0.05, 0.1) is 12.1 Å². The van der Waals surface area contributed by atoms with Gasteiger partial charge in [0.25, 0.3) is 5.91 Å². The Labute approximate surface area is 115 Å². The van der Waals surface area contributed by atoms with Crippen molar-refractivity contribution in [3.05, 3.63) is 28.7 Å². The van der Waals surface area contributed by atoms with Gasteiger partial charge in [0.1, 0.15) is 5.75 Å². The maximum atomic E-state index is 11.8. The van der Waals surface area contributed by atoms with Crippen LogP contribution >= 0.6 is 15.9 Å². The second-order valence-electron chi connectivity index (χ2n) is 4.75. The van der Waals surface area contributed by atoms with Gasteiger partial charge in [-0.15, -0.1) is 0 Å². The van der Waals surface area contributed by atoms with Crippen molar-refractivity contribution in [2.45, 2.75) is 32.4 Å². The summed E-state index contributed by atoms with van der Waals surface area (Å²) < 4.78 is 6.46. The molecular formula is C13H18BrNO3. The van der Waals surface area contributed by atoms with Gasteiger partial charge in [0.2, 0.25) is 0 Å². The third-order valence-electron chi connectivity index (χ3n) is 2.35. The van der Waals surface area contributed by atoms with Gasteiger partial charge in [0, 0.05) is 4.47 Å². The molecule has 4 nitrogen and oxygen atoms in total. The highest BCUT2D eigenvalue weighted by molar-refractivity contribution is 9.10. The fourth-order valence-corrected chi connectivity index (χ4v) is 1.51. The second kappa shape index (κ2) is 6.20. The molecule has 1 amide bonds. The average Bonchev–Trinajstić information content (AvgIpc) is 2.31. The van der Waals surface area contributed by atoms with Crippen molar-refractivity contribution in [2.24, 2.45) is 0 Å². The van der Waals surface area contributed by atoms with E-state index in [1.54, 1.807) is 32.9 Å². The summed E-state index contributed by atoms with van der Waals surface area (Å²) in [6.07, 6.45) is -0.614. The summed E-state index contributed by atoms with van der Waals surface area (Å²) in [6.45, 7) is 5.04. The number of aliphatic hydroxyl groups excluding tert-OH is 1. The van der Waals surface area contributed by atoms with Crippen LogP contribution in [0.4, 0.5) is 0 Å². The zero-order valence-corrected chi connectivity index (χ0v) is 12.3. The minimum atomic E-state index is -0.644. The lowest BCUT2D eigenvalue weighted by Crippen LogP contribution is -2.50. The number of ether oxygens (including phenoxy) is 1. The van der Waals surface area contributed by atoms with Crippen LogP contribution in [0.15, 0.2) is 28.7 Å². The predicted molar refractivity (Wildman–Crippen MR) is 73.5 cm³/mol. The largest absolute Gasteiger partial charge is 0.481 e. The van der Waals surface area contributed by atoms with Crippen LogP contribution in [-0.2, 0) is 4.79 Å². The van der Waals surface area contributed by atoms with Gasteiger partial charge in [0.15, 0.2) is 6.10 Å². The Morgan fingerprint density at radius 3 is 2.50 bits per heavy atom. The summed E-state index contributed by atoms with van der Waals surface area (Å²) in [7, 11) is 0. The Hall–Kier alpha value is -1.07. The summed E-state index contributed by atoms with van der Waals surface area (Å²) >= 11 is 3.33. The molecule has 0 aliphatic carbocycles. The molecule has 0 aliphatic heterocycles. The minimum absolute atomic E-state index is 0.121. The molecule has 1 unspecified atom stereocenters. The zero-order chi connectivity index (χ0) is 13.8. The Morgan fingerprint density at radius 2 is 2.00 bits per heavy atom. The Bertz CT molecular complexity index is 403. The van der Waals surface area contributed by atoms with Gasteiger partial charge < -0.3 is 15.2 Å². The molecule has 1 rings (SSSR count). The Morgan fingerprint density at radius 1 is 1.44 bits per heavy atom. The van der Waals surface area contributed by atoms with Crippen molar-refractivity contribution in [1.29, 1.82) is 0 Å². The van der Waals surface area contributed by atoms with Crippen LogP contribution in [0, 0.1) is 0 Å². The molecule has 0 saturated carbocycles. The first-order valence-corrected chi connectivity index (χ1v) is 6.48. The number of carbonyl (C=O) groups is 1. The molecule has 0 radical (unpaired) electrons. The summed E-state index contributed by atoms with van der Waals surface area (Å²) in [6, 6.07) is 7.26. The number of amides is 1. The topological polar surface area (TPSA) is 58.6 Å². The van der Waals surface area contributed by atoms with E-state index in [4.69, 9.17) is 9.84 Å². The van der Waals surface area contributed by atoms with E-state index >= 15 is 0 Å². The Kier molecular flexibility index (Phi) is 5.16. The van der Waals surface area contributed by atoms with Gasteiger partial charge in [-0.3, -0.25) is 4.79 Å². The number of hydrogen-bond donors (Lipinski definition) is 2. The molecule has 5 heteroatoms. The quantitative estimate of drug-likeness (QED) is 0.875. The lowest BCUT2D eigenvalue weighted by Gasteiger charge is -2.25. The molecular weight excluding hydrogens is 298 g/mol. The van der Waals surface area contributed by atoms with Crippen LogP contribution in [0.5, 0.6) is 5.75 Å². The number of carbonyl (C=O) groups excluding carboxylic acids is 1. The monoisotopic (exact) mass is 315 g/mol. The summed E-state index contributed by atoms with van der Waals surface area (Å²) in [5.41, 5.74) is -0.644. The average molecular weight is 316 g/mol. The van der Waals surface area contributed by atoms with Crippen LogP contribution in [0.1, 0.15) is 20.8 Å². The molecule has 1 aromatic carbocycles. The van der Waals surface area contributed by atoms with Crippen molar-refractivity contribution >= 4 is 21.8 Å². The highest BCUT2D eigenvalue weighted by atomic mass is 79.9. The van der Waals surface area contributed by atoms with E-state index in [1.165, 1.54) is 0 Å². The standard InChI is InChI=1S/C13H18BrNO3/c1-9(12(17)15-13(2,3)8-16)18-11-6-4-10(14)5-7-11/h4-7,9,16H,8H2,1-3H3,(H,15,17).